The summed E-state index contributed by atoms with van der Waals surface area (Å²) in [4.78, 5) is 20.4. The normalized spacial score (nSPS) is 10.8. The molecule has 11 heteroatoms. The molecule has 0 bridgehead atoms. The number of rotatable bonds is 9. The van der Waals surface area contributed by atoms with Crippen LogP contribution in [0.1, 0.15) is 10.4 Å². The Morgan fingerprint density at radius 3 is 2.22 bits per heavy atom. The lowest BCUT2D eigenvalue weighted by molar-refractivity contribution is 0.0995. The van der Waals surface area contributed by atoms with Crippen LogP contribution in [0.4, 0.5) is 8.78 Å². The van der Waals surface area contributed by atoms with Gasteiger partial charge in [-0.2, -0.15) is 0 Å². The fourth-order valence-corrected chi connectivity index (χ4v) is 3.62. The molecular formula is C25H21F2N3O6. The molecule has 2 heterocycles. The number of nitrogens with zero attached hydrogens (tertiary/aromatic N) is 2. The van der Waals surface area contributed by atoms with Gasteiger partial charge in [-0.3, -0.25) is 14.8 Å². The third-order valence-corrected chi connectivity index (χ3v) is 5.20. The minimum Gasteiger partial charge on any atom is -0.493 e. The quantitative estimate of drug-likeness (QED) is 0.357. The molecule has 0 aliphatic carbocycles. The third kappa shape index (κ3) is 4.68. The number of aliphatic hydroxyl groups is 1. The van der Waals surface area contributed by atoms with Gasteiger partial charge in [0, 0.05) is 29.4 Å². The van der Waals surface area contributed by atoms with Crippen LogP contribution in [0.25, 0.3) is 22.2 Å². The van der Waals surface area contributed by atoms with E-state index < -0.39 is 23.3 Å². The van der Waals surface area contributed by atoms with Crippen LogP contribution in [0.2, 0.25) is 0 Å². The van der Waals surface area contributed by atoms with Crippen molar-refractivity contribution in [3.8, 4) is 40.0 Å². The molecule has 9 nitrogen and oxygen atoms in total. The number of primary amides is 1. The van der Waals surface area contributed by atoms with Gasteiger partial charge in [0.05, 0.1) is 32.0 Å². The van der Waals surface area contributed by atoms with Crippen molar-refractivity contribution in [3.63, 3.8) is 0 Å². The first-order valence-electron chi connectivity index (χ1n) is 10.6. The number of aromatic nitrogens is 2. The number of benzene rings is 2. The molecule has 0 saturated heterocycles. The number of halogens is 2. The SMILES string of the molecule is COc1cc2nccc(Oc3c(F)cc(-c4nccc(OCCO)c4C(N)=O)cc3F)c2cc1OC. The molecule has 36 heavy (non-hydrogen) atoms. The van der Waals surface area contributed by atoms with E-state index in [1.165, 1.54) is 38.7 Å². The first-order valence-corrected chi connectivity index (χ1v) is 10.6. The van der Waals surface area contributed by atoms with Crippen LogP contribution in [-0.4, -0.2) is 48.4 Å². The van der Waals surface area contributed by atoms with Gasteiger partial charge in [-0.25, -0.2) is 8.78 Å². The maximum Gasteiger partial charge on any atom is 0.254 e. The zero-order valence-electron chi connectivity index (χ0n) is 19.2. The molecule has 3 N–H and O–H groups in total. The number of ether oxygens (including phenoxy) is 4. The smallest absolute Gasteiger partial charge is 0.254 e. The van der Waals surface area contributed by atoms with E-state index in [0.717, 1.165) is 12.1 Å². The molecule has 2 aromatic heterocycles. The largest absolute Gasteiger partial charge is 0.493 e. The number of amides is 1. The van der Waals surface area contributed by atoms with Gasteiger partial charge in [0.25, 0.3) is 5.91 Å². The topological polar surface area (TPSA) is 126 Å². The van der Waals surface area contributed by atoms with Gasteiger partial charge in [0.2, 0.25) is 0 Å². The monoisotopic (exact) mass is 497 g/mol. The predicted octanol–water partition coefficient (Wildman–Crippen LogP) is 3.85. The van der Waals surface area contributed by atoms with Crippen molar-refractivity contribution < 1.29 is 37.6 Å². The lowest BCUT2D eigenvalue weighted by atomic mass is 10.0. The molecule has 0 radical (unpaired) electrons. The molecule has 0 unspecified atom stereocenters. The second kappa shape index (κ2) is 10.4. The van der Waals surface area contributed by atoms with E-state index in [9.17, 15) is 4.79 Å². The summed E-state index contributed by atoms with van der Waals surface area (Å²) in [6.07, 6.45) is 2.72. The molecule has 2 aromatic carbocycles. The molecular weight excluding hydrogens is 476 g/mol. The summed E-state index contributed by atoms with van der Waals surface area (Å²) in [5.74, 6) is -2.72. The highest BCUT2D eigenvalue weighted by Crippen LogP contribution is 2.39. The third-order valence-electron chi connectivity index (χ3n) is 5.20. The summed E-state index contributed by atoms with van der Waals surface area (Å²) in [6.45, 7) is -0.427. The van der Waals surface area contributed by atoms with Crippen LogP contribution in [-0.2, 0) is 0 Å². The number of pyridine rings is 2. The van der Waals surface area contributed by atoms with Crippen LogP contribution in [0.5, 0.6) is 28.7 Å². The molecule has 4 aromatic rings. The number of carbonyl (C=O) groups excluding carboxylic acids is 1. The number of methoxy groups -OCH3 is 2. The van der Waals surface area contributed by atoms with Crippen molar-refractivity contribution >= 4 is 16.8 Å². The van der Waals surface area contributed by atoms with Crippen molar-refractivity contribution in [2.45, 2.75) is 0 Å². The van der Waals surface area contributed by atoms with Crippen molar-refractivity contribution in [2.75, 3.05) is 27.4 Å². The Morgan fingerprint density at radius 1 is 0.944 bits per heavy atom. The highest BCUT2D eigenvalue weighted by Gasteiger charge is 2.22. The average Bonchev–Trinajstić information content (AvgIpc) is 2.88. The fourth-order valence-electron chi connectivity index (χ4n) is 3.62. The lowest BCUT2D eigenvalue weighted by Gasteiger charge is -2.15. The zero-order valence-corrected chi connectivity index (χ0v) is 19.2. The molecule has 186 valence electrons. The van der Waals surface area contributed by atoms with Crippen LogP contribution in [0.3, 0.4) is 0 Å². The number of carbonyl (C=O) groups is 1. The fraction of sp³-hybridized carbons (Fsp3) is 0.160. The van der Waals surface area contributed by atoms with Gasteiger partial charge in [0.15, 0.2) is 28.9 Å². The van der Waals surface area contributed by atoms with E-state index in [2.05, 4.69) is 9.97 Å². The Kier molecular flexibility index (Phi) is 7.11. The number of hydrogen-bond donors (Lipinski definition) is 2. The van der Waals surface area contributed by atoms with Crippen LogP contribution < -0.4 is 24.7 Å². The summed E-state index contributed by atoms with van der Waals surface area (Å²) in [7, 11) is 2.93. The summed E-state index contributed by atoms with van der Waals surface area (Å²) in [5, 5.41) is 9.44. The number of fused-ring (bicyclic) bond motifs is 1. The Labute approximate surface area is 204 Å². The minimum atomic E-state index is -1.05. The molecule has 0 saturated carbocycles. The first-order chi connectivity index (χ1) is 17.4. The summed E-state index contributed by atoms with van der Waals surface area (Å²) >= 11 is 0. The van der Waals surface area contributed by atoms with E-state index in [1.807, 2.05) is 0 Å². The Morgan fingerprint density at radius 2 is 1.58 bits per heavy atom. The summed E-state index contributed by atoms with van der Waals surface area (Å²) in [6, 6.07) is 7.95. The second-order valence-corrected chi connectivity index (χ2v) is 7.37. The van der Waals surface area contributed by atoms with Crippen LogP contribution >= 0.6 is 0 Å². The molecule has 0 aliphatic heterocycles. The number of aliphatic hydroxyl groups excluding tert-OH is 1. The van der Waals surface area contributed by atoms with Gasteiger partial charge < -0.3 is 29.8 Å². The van der Waals surface area contributed by atoms with Gasteiger partial charge in [-0.1, -0.05) is 0 Å². The van der Waals surface area contributed by atoms with E-state index in [-0.39, 0.29) is 41.5 Å². The summed E-state index contributed by atoms with van der Waals surface area (Å²) < 4.78 is 51.8. The Bertz CT molecular complexity index is 1420. The van der Waals surface area contributed by atoms with E-state index in [4.69, 9.17) is 29.8 Å². The maximum absolute atomic E-state index is 15.1. The summed E-state index contributed by atoms with van der Waals surface area (Å²) in [5.41, 5.74) is 5.59. The van der Waals surface area contributed by atoms with Crippen LogP contribution in [0.15, 0.2) is 48.8 Å². The van der Waals surface area contributed by atoms with Gasteiger partial charge in [-0.05, 0) is 30.3 Å². The Balaban J connectivity index is 1.77. The number of hydrogen-bond acceptors (Lipinski definition) is 8. The standard InChI is InChI=1S/C25H21F2N3O6/c1-33-20-11-14-17(12-21(20)34-2)29-5-3-18(14)36-24-15(26)9-13(10-16(24)27)23-22(25(28)32)19(4-6-30-23)35-8-7-31/h3-6,9-12,31H,7-8H2,1-2H3,(H2,28,32). The average molecular weight is 497 g/mol. The lowest BCUT2D eigenvalue weighted by Crippen LogP contribution is -2.16. The predicted molar refractivity (Wildman–Crippen MR) is 126 cm³/mol. The molecule has 0 atom stereocenters. The van der Waals surface area contributed by atoms with E-state index in [1.54, 1.807) is 12.1 Å². The molecule has 4 rings (SSSR count). The van der Waals surface area contributed by atoms with Crippen LogP contribution in [0, 0.1) is 11.6 Å². The van der Waals surface area contributed by atoms with Crippen molar-refractivity contribution in [1.29, 1.82) is 0 Å². The van der Waals surface area contributed by atoms with E-state index >= 15 is 8.78 Å². The molecule has 0 fully saturated rings. The maximum atomic E-state index is 15.1. The highest BCUT2D eigenvalue weighted by molar-refractivity contribution is 6.01. The molecule has 0 spiro atoms. The van der Waals surface area contributed by atoms with Crippen molar-refractivity contribution in [1.82, 2.24) is 9.97 Å². The van der Waals surface area contributed by atoms with Gasteiger partial charge in [0.1, 0.15) is 23.7 Å². The first kappa shape index (κ1) is 24.6. The van der Waals surface area contributed by atoms with Crippen molar-refractivity contribution in [2.24, 2.45) is 5.73 Å². The zero-order chi connectivity index (χ0) is 25.8. The molecule has 0 aliphatic rings. The Hall–Kier alpha value is -4.51. The van der Waals surface area contributed by atoms with E-state index in [0.29, 0.717) is 22.4 Å². The molecule has 1 amide bonds. The number of nitrogens with two attached hydrogens (primary N) is 1. The second-order valence-electron chi connectivity index (χ2n) is 7.37. The van der Waals surface area contributed by atoms with Gasteiger partial charge >= 0.3 is 0 Å². The highest BCUT2D eigenvalue weighted by atomic mass is 19.1. The minimum absolute atomic E-state index is 0.0234. The van der Waals surface area contributed by atoms with Crippen molar-refractivity contribution in [3.05, 3.63) is 66.0 Å². The van der Waals surface area contributed by atoms with Gasteiger partial charge in [-0.15, -0.1) is 0 Å².